The molecule has 39 heavy (non-hydrogen) atoms. The molecule has 0 saturated carbocycles. The Hall–Kier alpha value is -1.65. The number of aryl methyl sites for hydroxylation is 4. The molecule has 0 aliphatic rings. The Balaban J connectivity index is 0.000000292. The van der Waals surface area contributed by atoms with Gasteiger partial charge >= 0.3 is 71.8 Å². The fourth-order valence-corrected chi connectivity index (χ4v) is 8.76. The summed E-state index contributed by atoms with van der Waals surface area (Å²) in [5.41, 5.74) is 10.9. The quantitative estimate of drug-likeness (QED) is 0.191. The van der Waals surface area contributed by atoms with E-state index < -0.39 is 10.1 Å². The van der Waals surface area contributed by atoms with E-state index in [0.29, 0.717) is 0 Å². The third kappa shape index (κ3) is 11.0. The van der Waals surface area contributed by atoms with Crippen LogP contribution in [-0.2, 0) is 34.1 Å². The maximum Gasteiger partial charge on any atom is -1.00 e. The molecule has 0 fully saturated rings. The molecule has 5 aromatic rings. The van der Waals surface area contributed by atoms with E-state index in [0.717, 1.165) is 12.8 Å². The van der Waals surface area contributed by atoms with E-state index in [4.69, 9.17) is 0 Å². The first-order valence-electron chi connectivity index (χ1n) is 13.2. The van der Waals surface area contributed by atoms with Gasteiger partial charge in [-0.25, -0.2) is 0 Å². The number of hydrogen-bond donors (Lipinski definition) is 0. The molecule has 5 aromatic carbocycles. The van der Waals surface area contributed by atoms with Crippen molar-refractivity contribution in [3.05, 3.63) is 138 Å². The van der Waals surface area contributed by atoms with Gasteiger partial charge in [-0.15, -0.1) is 70.8 Å². The molecular formula is C35H38Cl2GeHf-2. The average molecular weight is 781 g/mol. The zero-order valence-electron chi connectivity index (χ0n) is 23.6. The van der Waals surface area contributed by atoms with Crippen LogP contribution >= 0.6 is 0 Å². The standard InChI is InChI=1S/2C14H15.C7H8Ge.2ClH.Hf/c2*1-3-12-7-9-13(10-8-12)14-6-4-5-11(14)2;1-8-7-5-3-2-4-6-7;;;/h2*4-10H,3H2,1-2H3;2-6H,1H3;2*1H;/q2*-1;;;;+2/p-2. The van der Waals surface area contributed by atoms with Crippen LogP contribution in [0.4, 0.5) is 0 Å². The fraction of sp³-hybridized carbons (Fsp3) is 0.200. The topological polar surface area (TPSA) is 0 Å². The van der Waals surface area contributed by atoms with Crippen LogP contribution in [0.3, 0.4) is 0 Å². The SMILES string of the molecule is CCc1ccc(-[c-]2cccc2C)cc1.CCc1ccc(-[c-]2cccc2C)cc1.[CH3][Ge](=[Hf+2])[c]1ccccc1.[Cl-].[Cl-]. The van der Waals surface area contributed by atoms with Crippen molar-refractivity contribution in [2.75, 3.05) is 0 Å². The van der Waals surface area contributed by atoms with Gasteiger partial charge in [0.2, 0.25) is 0 Å². The number of benzene rings is 3. The minimum absolute atomic E-state index is 0. The maximum atomic E-state index is 2.43. The second-order valence-electron chi connectivity index (χ2n) is 9.34. The Kier molecular flexibility index (Phi) is 16.9. The summed E-state index contributed by atoms with van der Waals surface area (Å²) in [6, 6.07) is 41.5. The molecule has 0 radical (unpaired) electrons. The van der Waals surface area contributed by atoms with Crippen molar-refractivity contribution < 1.29 is 46.1 Å². The Morgan fingerprint density at radius 2 is 0.949 bits per heavy atom. The van der Waals surface area contributed by atoms with Gasteiger partial charge in [0, 0.05) is 0 Å². The van der Waals surface area contributed by atoms with Crippen LogP contribution in [0.15, 0.2) is 115 Å². The van der Waals surface area contributed by atoms with E-state index >= 15 is 0 Å². The minimum atomic E-state index is -0.627. The van der Waals surface area contributed by atoms with Gasteiger partial charge in [-0.2, -0.15) is 12.1 Å². The Morgan fingerprint density at radius 1 is 0.564 bits per heavy atom. The van der Waals surface area contributed by atoms with Gasteiger partial charge in [0.15, 0.2) is 0 Å². The van der Waals surface area contributed by atoms with Crippen LogP contribution in [0, 0.1) is 13.8 Å². The molecule has 0 N–H and O–H groups in total. The Bertz CT molecular complexity index is 1280. The van der Waals surface area contributed by atoms with E-state index in [1.54, 1.807) is 4.40 Å². The average Bonchev–Trinajstić information content (AvgIpc) is 3.58. The normalized spacial score (nSPS) is 9.62. The first-order valence-corrected chi connectivity index (χ1v) is 26.7. The Morgan fingerprint density at radius 3 is 1.21 bits per heavy atom. The predicted octanol–water partition coefficient (Wildman–Crippen LogP) is 2.96. The van der Waals surface area contributed by atoms with E-state index in [-0.39, 0.29) is 24.8 Å². The summed E-state index contributed by atoms with van der Waals surface area (Å²) in [6.07, 6.45) is 2.22. The molecule has 0 amide bonds. The van der Waals surface area contributed by atoms with Crippen LogP contribution in [0.1, 0.15) is 36.1 Å². The first kappa shape index (κ1) is 35.4. The molecule has 0 spiro atoms. The van der Waals surface area contributed by atoms with Crippen LogP contribution < -0.4 is 29.2 Å². The summed E-state index contributed by atoms with van der Waals surface area (Å²) < 4.78 is 1.64. The van der Waals surface area contributed by atoms with Gasteiger partial charge in [0.25, 0.3) is 0 Å². The van der Waals surface area contributed by atoms with Crippen LogP contribution in [0.25, 0.3) is 22.3 Å². The summed E-state index contributed by atoms with van der Waals surface area (Å²) in [6.45, 7) is 8.68. The zero-order chi connectivity index (χ0) is 26.6. The fourth-order valence-electron chi connectivity index (χ4n) is 4.20. The molecule has 5 rings (SSSR count). The summed E-state index contributed by atoms with van der Waals surface area (Å²) in [5, 5.41) is 0. The summed E-state index contributed by atoms with van der Waals surface area (Å²) >= 11 is 1.42. The largest absolute Gasteiger partial charge is 1.00 e. The van der Waals surface area contributed by atoms with Crippen LogP contribution in [0.2, 0.25) is 5.76 Å². The molecule has 0 atom stereocenters. The third-order valence-electron chi connectivity index (χ3n) is 6.62. The van der Waals surface area contributed by atoms with Crippen LogP contribution in [-0.4, -0.2) is 10.1 Å². The van der Waals surface area contributed by atoms with Crippen molar-refractivity contribution >= 4 is 14.5 Å². The molecule has 0 bridgehead atoms. The molecular weight excluding hydrogens is 742 g/mol. The molecule has 0 heterocycles. The molecule has 0 saturated heterocycles. The van der Waals surface area contributed by atoms with Gasteiger partial charge < -0.3 is 24.8 Å². The van der Waals surface area contributed by atoms with Gasteiger partial charge in [-0.05, 0) is 12.8 Å². The molecule has 0 aromatic heterocycles. The Labute approximate surface area is 264 Å². The van der Waals surface area contributed by atoms with Crippen molar-refractivity contribution in [2.24, 2.45) is 0 Å². The van der Waals surface area contributed by atoms with Crippen molar-refractivity contribution in [2.45, 2.75) is 46.3 Å². The van der Waals surface area contributed by atoms with Crippen molar-refractivity contribution in [3.8, 4) is 22.3 Å². The second kappa shape index (κ2) is 18.7. The van der Waals surface area contributed by atoms with Gasteiger partial charge in [-0.1, -0.05) is 74.2 Å². The van der Waals surface area contributed by atoms with E-state index in [2.05, 4.69) is 149 Å². The molecule has 0 nitrogen and oxygen atoms in total. The second-order valence-corrected chi connectivity index (χ2v) is 27.2. The first-order chi connectivity index (χ1) is 17.9. The molecule has 4 heteroatoms. The summed E-state index contributed by atoms with van der Waals surface area (Å²) in [5.74, 6) is 2.43. The molecule has 0 unspecified atom stereocenters. The van der Waals surface area contributed by atoms with E-state index in [1.807, 2.05) is 0 Å². The van der Waals surface area contributed by atoms with Crippen LogP contribution in [0.5, 0.6) is 0 Å². The minimum Gasteiger partial charge on any atom is -1.00 e. The molecule has 202 valence electrons. The predicted molar refractivity (Wildman–Crippen MR) is 161 cm³/mol. The van der Waals surface area contributed by atoms with E-state index in [1.165, 1.54) is 65.8 Å². The van der Waals surface area contributed by atoms with Gasteiger partial charge in [0.05, 0.1) is 0 Å². The van der Waals surface area contributed by atoms with Gasteiger partial charge in [0.1, 0.15) is 0 Å². The van der Waals surface area contributed by atoms with Crippen molar-refractivity contribution in [1.82, 2.24) is 0 Å². The monoisotopic (exact) mass is 782 g/mol. The van der Waals surface area contributed by atoms with E-state index in [9.17, 15) is 0 Å². The maximum absolute atomic E-state index is 2.43. The smallest absolute Gasteiger partial charge is 1.00 e. The van der Waals surface area contributed by atoms with Gasteiger partial charge in [-0.3, -0.25) is 0 Å². The molecule has 0 aliphatic heterocycles. The number of halogens is 2. The molecule has 0 aliphatic carbocycles. The summed E-state index contributed by atoms with van der Waals surface area (Å²) in [7, 11) is -0.627. The zero-order valence-corrected chi connectivity index (χ0v) is 30.8. The van der Waals surface area contributed by atoms with Crippen molar-refractivity contribution in [3.63, 3.8) is 0 Å². The third-order valence-corrected chi connectivity index (χ3v) is 14.5. The van der Waals surface area contributed by atoms with Crippen molar-refractivity contribution in [1.29, 1.82) is 0 Å². The summed E-state index contributed by atoms with van der Waals surface area (Å²) in [4.78, 5) is 0. The number of hydrogen-bond acceptors (Lipinski definition) is 0. The number of rotatable bonds is 5.